The third kappa shape index (κ3) is 3.45. The Labute approximate surface area is 153 Å². The molecule has 3 aromatic heterocycles. The van der Waals surface area contributed by atoms with E-state index in [4.69, 9.17) is 4.98 Å². The third-order valence-corrected chi connectivity index (χ3v) is 5.26. The van der Waals surface area contributed by atoms with Gasteiger partial charge in [-0.3, -0.25) is 10.1 Å². The molecule has 1 fully saturated rings. The number of hydrogen-bond donors (Lipinski definition) is 1. The van der Waals surface area contributed by atoms with E-state index in [-0.39, 0.29) is 0 Å². The van der Waals surface area contributed by atoms with Gasteiger partial charge in [0.1, 0.15) is 5.82 Å². The van der Waals surface area contributed by atoms with Crippen molar-refractivity contribution in [2.24, 2.45) is 5.92 Å². The van der Waals surface area contributed by atoms with E-state index in [0.717, 1.165) is 42.4 Å². The minimum atomic E-state index is 0.702. The van der Waals surface area contributed by atoms with Gasteiger partial charge in [-0.1, -0.05) is 0 Å². The van der Waals surface area contributed by atoms with Crippen molar-refractivity contribution < 1.29 is 0 Å². The molecule has 4 rings (SSSR count). The van der Waals surface area contributed by atoms with Crippen LogP contribution in [0.15, 0.2) is 36.8 Å². The summed E-state index contributed by atoms with van der Waals surface area (Å²) in [6.45, 7) is 6.24. The summed E-state index contributed by atoms with van der Waals surface area (Å²) >= 11 is 0. The van der Waals surface area contributed by atoms with Crippen LogP contribution >= 0.6 is 0 Å². The molecule has 0 aliphatic carbocycles. The van der Waals surface area contributed by atoms with E-state index >= 15 is 0 Å². The Kier molecular flexibility index (Phi) is 4.65. The molecule has 0 unspecified atom stereocenters. The van der Waals surface area contributed by atoms with Crippen molar-refractivity contribution in [2.45, 2.75) is 33.1 Å². The van der Waals surface area contributed by atoms with Crippen LogP contribution in [0.1, 0.15) is 29.8 Å². The highest BCUT2D eigenvalue weighted by Crippen LogP contribution is 2.29. The van der Waals surface area contributed by atoms with Gasteiger partial charge < -0.3 is 4.90 Å². The normalized spacial score (nSPS) is 15.4. The molecule has 26 heavy (non-hydrogen) atoms. The first-order chi connectivity index (χ1) is 12.7. The van der Waals surface area contributed by atoms with Crippen LogP contribution in [0.5, 0.6) is 0 Å². The summed E-state index contributed by atoms with van der Waals surface area (Å²) in [6, 6.07) is 6.01. The number of aryl methyl sites for hydroxylation is 1. The van der Waals surface area contributed by atoms with E-state index < -0.39 is 0 Å². The maximum Gasteiger partial charge on any atom is 0.163 e. The quantitative estimate of drug-likeness (QED) is 0.783. The highest BCUT2D eigenvalue weighted by atomic mass is 15.2. The number of anilines is 1. The van der Waals surface area contributed by atoms with E-state index in [0.29, 0.717) is 5.92 Å². The minimum absolute atomic E-state index is 0.702. The van der Waals surface area contributed by atoms with Gasteiger partial charge in [-0.05, 0) is 57.2 Å². The summed E-state index contributed by atoms with van der Waals surface area (Å²) in [7, 11) is 0. The zero-order valence-corrected chi connectivity index (χ0v) is 15.3. The van der Waals surface area contributed by atoms with Crippen LogP contribution in [0.4, 0.5) is 5.82 Å². The van der Waals surface area contributed by atoms with Crippen LogP contribution < -0.4 is 4.90 Å². The first-order valence-corrected chi connectivity index (χ1v) is 9.19. The van der Waals surface area contributed by atoms with Gasteiger partial charge in [-0.25, -0.2) is 9.97 Å². The number of rotatable bonds is 4. The van der Waals surface area contributed by atoms with Crippen LogP contribution in [0.25, 0.3) is 11.4 Å². The molecule has 6 heteroatoms. The molecule has 1 N–H and O–H groups in total. The highest BCUT2D eigenvalue weighted by Gasteiger charge is 2.23. The fraction of sp³-hybridized carbons (Fsp3) is 0.400. The Morgan fingerprint density at radius 3 is 2.65 bits per heavy atom. The summed E-state index contributed by atoms with van der Waals surface area (Å²) < 4.78 is 0. The van der Waals surface area contributed by atoms with Crippen LogP contribution in [0.2, 0.25) is 0 Å². The molecule has 1 aliphatic heterocycles. The molecule has 134 valence electrons. The van der Waals surface area contributed by atoms with Gasteiger partial charge in [0.2, 0.25) is 0 Å². The van der Waals surface area contributed by atoms with Crippen molar-refractivity contribution in [3.05, 3.63) is 53.7 Å². The van der Waals surface area contributed by atoms with Gasteiger partial charge in [0, 0.05) is 54.2 Å². The highest BCUT2D eigenvalue weighted by molar-refractivity contribution is 5.59. The lowest BCUT2D eigenvalue weighted by Gasteiger charge is -2.33. The lowest BCUT2D eigenvalue weighted by molar-refractivity contribution is 0.398. The van der Waals surface area contributed by atoms with Gasteiger partial charge in [-0.2, -0.15) is 5.10 Å². The Hall–Kier alpha value is -2.76. The maximum atomic E-state index is 4.89. The van der Waals surface area contributed by atoms with Crippen molar-refractivity contribution >= 4 is 5.82 Å². The third-order valence-electron chi connectivity index (χ3n) is 5.26. The van der Waals surface area contributed by atoms with E-state index in [1.54, 1.807) is 6.20 Å². The maximum absolute atomic E-state index is 4.89. The summed E-state index contributed by atoms with van der Waals surface area (Å²) in [5.41, 5.74) is 4.40. The predicted octanol–water partition coefficient (Wildman–Crippen LogP) is 3.34. The Bertz CT molecular complexity index is 852. The van der Waals surface area contributed by atoms with Crippen molar-refractivity contribution in [1.29, 1.82) is 0 Å². The van der Waals surface area contributed by atoms with Crippen LogP contribution in [-0.2, 0) is 6.42 Å². The standard InChI is InChI=1S/C20H24N6/c1-14-15(2)23-19(17-4-3-8-21-13-17)24-20(14)26-10-6-16(7-11-26)12-18-5-9-22-25-18/h3-5,8-9,13,16H,6-7,10-12H2,1-2H3,(H,22,25). The number of aromatic nitrogens is 5. The molecule has 1 aliphatic rings. The SMILES string of the molecule is Cc1nc(-c2cccnc2)nc(N2CCC(Cc3ccn[nH]3)CC2)c1C. The number of nitrogens with one attached hydrogen (secondary N) is 1. The number of pyridine rings is 1. The molecule has 6 nitrogen and oxygen atoms in total. The van der Waals surface area contributed by atoms with Gasteiger partial charge in [0.25, 0.3) is 0 Å². The smallest absolute Gasteiger partial charge is 0.163 e. The first kappa shape index (κ1) is 16.7. The van der Waals surface area contributed by atoms with Gasteiger partial charge in [0.05, 0.1) is 0 Å². The zero-order valence-electron chi connectivity index (χ0n) is 15.3. The minimum Gasteiger partial charge on any atom is -0.356 e. The second-order valence-electron chi connectivity index (χ2n) is 7.04. The number of piperidine rings is 1. The van der Waals surface area contributed by atoms with Crippen molar-refractivity contribution in [1.82, 2.24) is 25.1 Å². The van der Waals surface area contributed by atoms with E-state index in [1.165, 1.54) is 24.1 Å². The molecular formula is C20H24N6. The summed E-state index contributed by atoms with van der Waals surface area (Å²) in [4.78, 5) is 16.2. The average molecular weight is 348 g/mol. The largest absolute Gasteiger partial charge is 0.356 e. The molecule has 0 radical (unpaired) electrons. The first-order valence-electron chi connectivity index (χ1n) is 9.19. The lowest BCUT2D eigenvalue weighted by Crippen LogP contribution is -2.35. The Morgan fingerprint density at radius 1 is 1.12 bits per heavy atom. The monoisotopic (exact) mass is 348 g/mol. The van der Waals surface area contributed by atoms with Gasteiger partial charge in [-0.15, -0.1) is 0 Å². The average Bonchev–Trinajstić information content (AvgIpc) is 3.18. The fourth-order valence-electron chi connectivity index (χ4n) is 3.60. The van der Waals surface area contributed by atoms with Crippen molar-refractivity contribution in [3.8, 4) is 11.4 Å². The molecule has 4 heterocycles. The summed E-state index contributed by atoms with van der Waals surface area (Å²) in [5.74, 6) is 2.53. The van der Waals surface area contributed by atoms with Crippen LogP contribution in [-0.4, -0.2) is 38.2 Å². The van der Waals surface area contributed by atoms with Gasteiger partial charge in [0.15, 0.2) is 5.82 Å². The number of hydrogen-bond acceptors (Lipinski definition) is 5. The molecule has 0 atom stereocenters. The lowest BCUT2D eigenvalue weighted by atomic mass is 9.92. The topological polar surface area (TPSA) is 70.6 Å². The van der Waals surface area contributed by atoms with E-state index in [2.05, 4.69) is 45.0 Å². The summed E-state index contributed by atoms with van der Waals surface area (Å²) in [5, 5.41) is 7.13. The van der Waals surface area contributed by atoms with Crippen LogP contribution in [0.3, 0.4) is 0 Å². The molecule has 3 aromatic rings. The molecule has 1 saturated heterocycles. The second-order valence-corrected chi connectivity index (χ2v) is 7.04. The number of nitrogens with zero attached hydrogens (tertiary/aromatic N) is 5. The second kappa shape index (κ2) is 7.23. The zero-order chi connectivity index (χ0) is 17.9. The summed E-state index contributed by atoms with van der Waals surface area (Å²) in [6.07, 6.45) is 8.85. The predicted molar refractivity (Wildman–Crippen MR) is 102 cm³/mol. The van der Waals surface area contributed by atoms with Crippen molar-refractivity contribution in [3.63, 3.8) is 0 Å². The molecular weight excluding hydrogens is 324 g/mol. The Balaban J connectivity index is 1.52. The molecule has 0 saturated carbocycles. The number of aromatic amines is 1. The molecule has 0 bridgehead atoms. The molecule has 0 spiro atoms. The van der Waals surface area contributed by atoms with E-state index in [9.17, 15) is 0 Å². The number of H-pyrrole nitrogens is 1. The van der Waals surface area contributed by atoms with E-state index in [1.807, 2.05) is 24.5 Å². The fourth-order valence-corrected chi connectivity index (χ4v) is 3.60. The van der Waals surface area contributed by atoms with Gasteiger partial charge >= 0.3 is 0 Å². The molecule has 0 aromatic carbocycles. The Morgan fingerprint density at radius 2 is 1.96 bits per heavy atom. The van der Waals surface area contributed by atoms with Crippen molar-refractivity contribution in [2.75, 3.05) is 18.0 Å². The van der Waals surface area contributed by atoms with Crippen LogP contribution in [0, 0.1) is 19.8 Å². The molecule has 0 amide bonds.